The maximum absolute atomic E-state index is 14.4. The van der Waals surface area contributed by atoms with Crippen molar-refractivity contribution in [3.05, 3.63) is 95.7 Å². The van der Waals surface area contributed by atoms with Crippen molar-refractivity contribution in [2.24, 2.45) is 5.73 Å². The summed E-state index contributed by atoms with van der Waals surface area (Å²) in [6, 6.07) is 7.88. The maximum Gasteiger partial charge on any atom is 0.328 e. The van der Waals surface area contributed by atoms with Crippen LogP contribution in [0.5, 0.6) is 11.5 Å². The fraction of sp³-hybridized carbons (Fsp3) is 0.326. The number of carboxylic acid groups (broad SMARTS) is 3. The summed E-state index contributed by atoms with van der Waals surface area (Å²) in [5, 5.41) is 72.6. The Morgan fingerprint density at radius 2 is 1.00 bits per heavy atom. The monoisotopic (exact) mass is 918 g/mol. The van der Waals surface area contributed by atoms with Gasteiger partial charge in [0.05, 0.1) is 19.6 Å². The first kappa shape index (κ1) is 50.6. The number of phenols is 2. The van der Waals surface area contributed by atoms with Crippen molar-refractivity contribution in [2.45, 2.75) is 74.8 Å². The Hall–Kier alpha value is -8.05. The smallest absolute Gasteiger partial charge is 0.328 e. The van der Waals surface area contributed by atoms with E-state index in [9.17, 15) is 73.8 Å². The molecule has 1 aromatic heterocycles. The van der Waals surface area contributed by atoms with Gasteiger partial charge in [-0.3, -0.25) is 38.4 Å². The van der Waals surface area contributed by atoms with Crippen molar-refractivity contribution in [3.63, 3.8) is 0 Å². The van der Waals surface area contributed by atoms with Crippen molar-refractivity contribution < 1.29 is 73.8 Å². The molecule has 0 fully saturated rings. The molecule has 6 atom stereocenters. The second-order valence-corrected chi connectivity index (χ2v) is 15.0. The highest BCUT2D eigenvalue weighted by Crippen LogP contribution is 2.20. The minimum absolute atomic E-state index is 0.131. The number of aromatic hydroxyl groups is 2. The van der Waals surface area contributed by atoms with E-state index in [2.05, 4.69) is 36.9 Å². The molecule has 23 nitrogen and oxygen atoms in total. The molecule has 6 amide bonds. The lowest BCUT2D eigenvalue weighted by atomic mass is 10.00. The summed E-state index contributed by atoms with van der Waals surface area (Å²) in [7, 11) is 0. The number of benzene rings is 3. The molecule has 23 heteroatoms. The van der Waals surface area contributed by atoms with Crippen LogP contribution in [-0.4, -0.2) is 138 Å². The van der Waals surface area contributed by atoms with Crippen LogP contribution in [0.15, 0.2) is 79.0 Å². The van der Waals surface area contributed by atoms with Gasteiger partial charge in [0.15, 0.2) is 0 Å². The van der Waals surface area contributed by atoms with Crippen LogP contribution in [0.25, 0.3) is 10.9 Å². The van der Waals surface area contributed by atoms with Crippen molar-refractivity contribution in [1.29, 1.82) is 0 Å². The molecule has 0 radical (unpaired) electrons. The quantitative estimate of drug-likeness (QED) is 0.0338. The highest BCUT2D eigenvalue weighted by molar-refractivity contribution is 5.98. The number of carboxylic acids is 3. The maximum atomic E-state index is 14.4. The highest BCUT2D eigenvalue weighted by atomic mass is 16.4. The number of carbonyl (C=O) groups excluding carboxylic acids is 6. The Kier molecular flexibility index (Phi) is 18.5. The van der Waals surface area contributed by atoms with Gasteiger partial charge in [-0.25, -0.2) is 4.79 Å². The number of para-hydroxylation sites is 1. The van der Waals surface area contributed by atoms with Crippen molar-refractivity contribution in [3.8, 4) is 11.5 Å². The molecule has 0 aliphatic carbocycles. The molecule has 4 rings (SSSR count). The second kappa shape index (κ2) is 24.1. The molecule has 0 spiro atoms. The summed E-state index contributed by atoms with van der Waals surface area (Å²) in [5.74, 6) is -11.1. The van der Waals surface area contributed by atoms with Gasteiger partial charge in [0.2, 0.25) is 35.4 Å². The molecular formula is C43H50N8O15. The zero-order chi connectivity index (χ0) is 48.5. The Morgan fingerprint density at radius 3 is 1.47 bits per heavy atom. The highest BCUT2D eigenvalue weighted by Gasteiger charge is 2.34. The van der Waals surface area contributed by atoms with E-state index < -0.39 is 122 Å². The van der Waals surface area contributed by atoms with Gasteiger partial charge < -0.3 is 73.3 Å². The number of aromatic amines is 1. The Labute approximate surface area is 375 Å². The van der Waals surface area contributed by atoms with E-state index >= 15 is 0 Å². The van der Waals surface area contributed by atoms with Crippen LogP contribution >= 0.6 is 0 Å². The predicted octanol–water partition coefficient (Wildman–Crippen LogP) is -2.11. The lowest BCUT2D eigenvalue weighted by Gasteiger charge is -2.27. The molecule has 3 aromatic carbocycles. The summed E-state index contributed by atoms with van der Waals surface area (Å²) < 4.78 is 0. The van der Waals surface area contributed by atoms with E-state index in [1.54, 1.807) is 30.5 Å². The summed E-state index contributed by atoms with van der Waals surface area (Å²) in [4.78, 5) is 120. The van der Waals surface area contributed by atoms with Crippen molar-refractivity contribution in [1.82, 2.24) is 36.9 Å². The first-order valence-corrected chi connectivity index (χ1v) is 20.3. The number of carbonyl (C=O) groups is 9. The van der Waals surface area contributed by atoms with E-state index in [1.807, 2.05) is 0 Å². The fourth-order valence-corrected chi connectivity index (χ4v) is 6.60. The number of nitrogens with one attached hydrogen (secondary N) is 7. The SMILES string of the molecule is NCC(=O)N[C@@H](CC(=O)O)C(=O)N[C@@H](CCC(=O)O)C(=O)N[C@@H](Cc1ccc(O)cc1)C(=O)N[C@@H](Cc1ccc(O)cc1)C(=O)N[C@@H](Cc1c[nH]c2ccccc12)C(=O)N[C@@H](CO)C(=O)O. The van der Waals surface area contributed by atoms with E-state index in [-0.39, 0.29) is 30.8 Å². The Balaban J connectivity index is 1.70. The zero-order valence-corrected chi connectivity index (χ0v) is 35.1. The number of hydrogen-bond donors (Lipinski definition) is 14. The molecule has 15 N–H and O–H groups in total. The second-order valence-electron chi connectivity index (χ2n) is 15.0. The number of aliphatic hydroxyl groups excluding tert-OH is 1. The predicted molar refractivity (Wildman–Crippen MR) is 230 cm³/mol. The summed E-state index contributed by atoms with van der Waals surface area (Å²) >= 11 is 0. The van der Waals surface area contributed by atoms with Crippen LogP contribution in [0.4, 0.5) is 0 Å². The summed E-state index contributed by atoms with van der Waals surface area (Å²) in [6.45, 7) is -1.61. The van der Waals surface area contributed by atoms with Crippen LogP contribution in [0.2, 0.25) is 0 Å². The Bertz CT molecular complexity index is 2390. The number of hydrogen-bond acceptors (Lipinski definition) is 13. The summed E-state index contributed by atoms with van der Waals surface area (Å²) in [5.41, 5.74) is 7.23. The fourth-order valence-electron chi connectivity index (χ4n) is 6.60. The third-order valence-electron chi connectivity index (χ3n) is 10.0. The van der Waals surface area contributed by atoms with Crippen LogP contribution in [0.3, 0.4) is 0 Å². The van der Waals surface area contributed by atoms with Gasteiger partial charge in [-0.1, -0.05) is 42.5 Å². The molecule has 0 saturated carbocycles. The molecule has 66 heavy (non-hydrogen) atoms. The third kappa shape index (κ3) is 15.3. The number of aromatic nitrogens is 1. The molecule has 0 saturated heterocycles. The number of aliphatic hydroxyl groups is 1. The molecule has 0 aliphatic heterocycles. The van der Waals surface area contributed by atoms with Gasteiger partial charge in [0.1, 0.15) is 47.8 Å². The van der Waals surface area contributed by atoms with E-state index in [4.69, 9.17) is 5.73 Å². The first-order chi connectivity index (χ1) is 31.4. The lowest BCUT2D eigenvalue weighted by Crippen LogP contribution is -2.60. The molecular weight excluding hydrogens is 869 g/mol. The number of amides is 6. The molecule has 0 bridgehead atoms. The van der Waals surface area contributed by atoms with Crippen molar-refractivity contribution >= 4 is 64.3 Å². The number of phenolic OH excluding ortho intramolecular Hbond substituents is 2. The minimum Gasteiger partial charge on any atom is -0.508 e. The molecule has 1 heterocycles. The van der Waals surface area contributed by atoms with Gasteiger partial charge >= 0.3 is 17.9 Å². The lowest BCUT2D eigenvalue weighted by molar-refractivity contribution is -0.143. The molecule has 352 valence electrons. The van der Waals surface area contributed by atoms with Crippen LogP contribution in [-0.2, 0) is 62.4 Å². The van der Waals surface area contributed by atoms with Crippen molar-refractivity contribution in [2.75, 3.05) is 13.2 Å². The largest absolute Gasteiger partial charge is 0.508 e. The number of fused-ring (bicyclic) bond motifs is 1. The van der Waals surface area contributed by atoms with Gasteiger partial charge in [-0.2, -0.15) is 0 Å². The van der Waals surface area contributed by atoms with Crippen LogP contribution in [0, 0.1) is 0 Å². The van der Waals surface area contributed by atoms with Crippen LogP contribution < -0.4 is 37.6 Å². The summed E-state index contributed by atoms with van der Waals surface area (Å²) in [6.07, 6.45) is -1.53. The van der Waals surface area contributed by atoms with E-state index in [1.165, 1.54) is 48.5 Å². The Morgan fingerprint density at radius 1 is 0.545 bits per heavy atom. The van der Waals surface area contributed by atoms with Gasteiger partial charge in [0, 0.05) is 42.8 Å². The van der Waals surface area contributed by atoms with Gasteiger partial charge in [0.25, 0.3) is 0 Å². The average Bonchev–Trinajstić information content (AvgIpc) is 3.69. The van der Waals surface area contributed by atoms with Crippen LogP contribution in [0.1, 0.15) is 36.0 Å². The number of nitrogens with two attached hydrogens (primary N) is 1. The normalized spacial score (nSPS) is 13.7. The molecule has 0 aliphatic rings. The number of rotatable bonds is 25. The average molecular weight is 919 g/mol. The zero-order valence-electron chi connectivity index (χ0n) is 35.1. The topological polar surface area (TPSA) is 389 Å². The van der Waals surface area contributed by atoms with Gasteiger partial charge in [-0.15, -0.1) is 0 Å². The van der Waals surface area contributed by atoms with E-state index in [0.717, 1.165) is 0 Å². The third-order valence-corrected chi connectivity index (χ3v) is 10.0. The molecule has 4 aromatic rings. The number of H-pyrrole nitrogens is 1. The number of aliphatic carboxylic acids is 3. The standard InChI is InChI=1S/C43H50N8O15/c44-19-35(55)46-33(18-37(58)59)42(64)47-29(13-14-36(56)57)38(60)48-30(15-22-5-9-25(53)10-6-22)39(61)49-31(16-23-7-11-26(54)12-8-23)40(62)50-32(41(63)51-34(21-52)43(65)66)17-24-20-45-28-4-2-1-3-27(24)28/h1-12,20,29-34,45,52-54H,13-19,21,44H2,(H,46,55)(H,47,64)(H,48,60)(H,49,61)(H,50,62)(H,51,63)(H,56,57)(H,58,59)(H,65,66)/t29-,30-,31-,32-,33-,34-/m0/s1. The van der Waals surface area contributed by atoms with E-state index in [0.29, 0.717) is 27.6 Å². The minimum atomic E-state index is -1.76. The first-order valence-electron chi connectivity index (χ1n) is 20.3. The van der Waals surface area contributed by atoms with Gasteiger partial charge in [-0.05, 0) is 53.4 Å². The molecule has 0 unspecified atom stereocenters.